The molecule has 2 aliphatic rings. The standard InChI is InChI=1S/C20H25N3O5S/c1-13-4-6-14(7-5-13)21-16(24)10-22(3)18(26)11-28-19(27)15-12-29-20(2)9-8-17(25)23(15)20/h4-7,15H,8-12H2,1-3H3,(H,21,24)/t15-,20+/m1/s1. The van der Waals surface area contributed by atoms with Crippen molar-refractivity contribution in [2.24, 2.45) is 0 Å². The van der Waals surface area contributed by atoms with Crippen LogP contribution in [0, 0.1) is 6.92 Å². The molecule has 0 radical (unpaired) electrons. The Hall–Kier alpha value is -2.55. The van der Waals surface area contributed by atoms with Crippen molar-refractivity contribution < 1.29 is 23.9 Å². The summed E-state index contributed by atoms with van der Waals surface area (Å²) in [6, 6.07) is 6.65. The quantitative estimate of drug-likeness (QED) is 0.700. The van der Waals surface area contributed by atoms with Gasteiger partial charge in [0.15, 0.2) is 6.61 Å². The molecule has 1 aromatic carbocycles. The van der Waals surface area contributed by atoms with Crippen LogP contribution >= 0.6 is 11.8 Å². The van der Waals surface area contributed by atoms with Crippen molar-refractivity contribution in [2.45, 2.75) is 37.6 Å². The highest BCUT2D eigenvalue weighted by Crippen LogP contribution is 2.47. The first kappa shape index (κ1) is 21.2. The number of hydrogen-bond acceptors (Lipinski definition) is 6. The Morgan fingerprint density at radius 3 is 2.69 bits per heavy atom. The van der Waals surface area contributed by atoms with Crippen molar-refractivity contribution in [3.63, 3.8) is 0 Å². The fraction of sp³-hybridized carbons (Fsp3) is 0.500. The molecular weight excluding hydrogens is 394 g/mol. The molecule has 0 aromatic heterocycles. The van der Waals surface area contributed by atoms with Crippen LogP contribution in [0.25, 0.3) is 0 Å². The molecule has 0 bridgehead atoms. The van der Waals surface area contributed by atoms with Crippen LogP contribution in [0.5, 0.6) is 0 Å². The number of carbonyl (C=O) groups excluding carboxylic acids is 4. The minimum Gasteiger partial charge on any atom is -0.454 e. The number of esters is 1. The lowest BCUT2D eigenvalue weighted by Gasteiger charge is -2.29. The summed E-state index contributed by atoms with van der Waals surface area (Å²) in [5.74, 6) is -1.01. The zero-order chi connectivity index (χ0) is 21.2. The molecule has 0 spiro atoms. The van der Waals surface area contributed by atoms with Crippen molar-refractivity contribution in [2.75, 3.05) is 31.3 Å². The topological polar surface area (TPSA) is 96.0 Å². The van der Waals surface area contributed by atoms with Gasteiger partial charge in [-0.15, -0.1) is 11.8 Å². The number of rotatable bonds is 6. The van der Waals surface area contributed by atoms with Gasteiger partial charge in [-0.25, -0.2) is 4.79 Å². The van der Waals surface area contributed by atoms with E-state index in [1.807, 2.05) is 26.0 Å². The number of thioether (sulfide) groups is 1. The summed E-state index contributed by atoms with van der Waals surface area (Å²) in [5.41, 5.74) is 1.72. The largest absolute Gasteiger partial charge is 0.454 e. The second-order valence-electron chi connectivity index (χ2n) is 7.54. The molecule has 1 N–H and O–H groups in total. The summed E-state index contributed by atoms with van der Waals surface area (Å²) in [4.78, 5) is 51.3. The summed E-state index contributed by atoms with van der Waals surface area (Å²) in [6.07, 6.45) is 1.13. The molecule has 9 heteroatoms. The van der Waals surface area contributed by atoms with Crippen LogP contribution in [0.4, 0.5) is 5.69 Å². The van der Waals surface area contributed by atoms with Gasteiger partial charge in [-0.2, -0.15) is 0 Å². The van der Waals surface area contributed by atoms with Gasteiger partial charge in [-0.05, 0) is 32.4 Å². The molecule has 2 aliphatic heterocycles. The summed E-state index contributed by atoms with van der Waals surface area (Å²) < 4.78 is 5.15. The van der Waals surface area contributed by atoms with E-state index < -0.39 is 24.5 Å². The van der Waals surface area contributed by atoms with E-state index in [9.17, 15) is 19.2 Å². The number of benzene rings is 1. The van der Waals surface area contributed by atoms with Crippen LogP contribution in [0.1, 0.15) is 25.3 Å². The molecule has 1 aromatic rings. The smallest absolute Gasteiger partial charge is 0.330 e. The first-order valence-corrected chi connectivity index (χ1v) is 10.4. The van der Waals surface area contributed by atoms with Crippen molar-refractivity contribution in [3.8, 4) is 0 Å². The SMILES string of the molecule is Cc1ccc(NC(=O)CN(C)C(=O)COC(=O)[C@H]2CS[C@@]3(C)CCC(=O)N23)cc1. The second kappa shape index (κ2) is 8.44. The van der Waals surface area contributed by atoms with E-state index >= 15 is 0 Å². The molecule has 2 fully saturated rings. The number of hydrogen-bond donors (Lipinski definition) is 1. The lowest BCUT2D eigenvalue weighted by atomic mass is 10.2. The zero-order valence-electron chi connectivity index (χ0n) is 16.8. The monoisotopic (exact) mass is 419 g/mol. The Labute approximate surface area is 173 Å². The predicted molar refractivity (Wildman–Crippen MR) is 109 cm³/mol. The number of nitrogens with zero attached hydrogens (tertiary/aromatic N) is 2. The van der Waals surface area contributed by atoms with Gasteiger partial charge in [0.05, 0.1) is 11.4 Å². The van der Waals surface area contributed by atoms with Gasteiger partial charge in [-0.3, -0.25) is 14.4 Å². The average molecular weight is 420 g/mol. The van der Waals surface area contributed by atoms with Crippen LogP contribution in [-0.2, 0) is 23.9 Å². The maximum absolute atomic E-state index is 12.4. The molecule has 0 unspecified atom stereocenters. The normalized spacial score (nSPS) is 22.9. The van der Waals surface area contributed by atoms with Gasteiger partial charge in [0, 0.05) is 24.9 Å². The molecule has 0 aliphatic carbocycles. The van der Waals surface area contributed by atoms with E-state index in [2.05, 4.69) is 5.32 Å². The second-order valence-corrected chi connectivity index (χ2v) is 9.04. The van der Waals surface area contributed by atoms with Gasteiger partial charge >= 0.3 is 5.97 Å². The minimum atomic E-state index is -0.664. The number of nitrogens with one attached hydrogen (secondary N) is 1. The molecule has 2 atom stereocenters. The highest BCUT2D eigenvalue weighted by Gasteiger charge is 2.53. The molecule has 8 nitrogen and oxygen atoms in total. The third-order valence-corrected chi connectivity index (χ3v) is 6.70. The Kier molecular flexibility index (Phi) is 6.16. The number of likely N-dealkylation sites (N-methyl/N-ethyl adjacent to an activating group) is 1. The van der Waals surface area contributed by atoms with Crippen molar-refractivity contribution in [3.05, 3.63) is 29.8 Å². The number of carbonyl (C=O) groups is 4. The first-order chi connectivity index (χ1) is 13.7. The minimum absolute atomic E-state index is 0.0596. The zero-order valence-corrected chi connectivity index (χ0v) is 17.6. The van der Waals surface area contributed by atoms with E-state index in [4.69, 9.17) is 4.74 Å². The summed E-state index contributed by atoms with van der Waals surface area (Å²) in [6.45, 7) is 3.27. The maximum atomic E-state index is 12.4. The lowest BCUT2D eigenvalue weighted by Crippen LogP contribution is -2.47. The van der Waals surface area contributed by atoms with Gasteiger partial charge in [0.2, 0.25) is 11.8 Å². The third-order valence-electron chi connectivity index (χ3n) is 5.20. The van der Waals surface area contributed by atoms with E-state index in [1.165, 1.54) is 11.9 Å². The van der Waals surface area contributed by atoms with Crippen LogP contribution in [0.2, 0.25) is 0 Å². The molecule has 3 amide bonds. The Morgan fingerprint density at radius 2 is 2.00 bits per heavy atom. The van der Waals surface area contributed by atoms with Crippen LogP contribution < -0.4 is 5.32 Å². The molecule has 0 saturated carbocycles. The van der Waals surface area contributed by atoms with E-state index in [-0.39, 0.29) is 23.2 Å². The van der Waals surface area contributed by atoms with Crippen molar-refractivity contribution in [1.82, 2.24) is 9.80 Å². The van der Waals surface area contributed by atoms with Gasteiger partial charge in [0.1, 0.15) is 6.04 Å². The number of fused-ring (bicyclic) bond motifs is 1. The highest BCUT2D eigenvalue weighted by atomic mass is 32.2. The molecule has 29 heavy (non-hydrogen) atoms. The summed E-state index contributed by atoms with van der Waals surface area (Å²) >= 11 is 1.56. The van der Waals surface area contributed by atoms with Crippen molar-refractivity contribution >= 4 is 41.1 Å². The summed E-state index contributed by atoms with van der Waals surface area (Å²) in [5, 5.41) is 2.71. The Balaban J connectivity index is 1.46. The molecule has 2 saturated heterocycles. The van der Waals surface area contributed by atoms with Gasteiger partial charge in [-0.1, -0.05) is 17.7 Å². The van der Waals surface area contributed by atoms with Crippen LogP contribution in [0.15, 0.2) is 24.3 Å². The number of anilines is 1. The highest BCUT2D eigenvalue weighted by molar-refractivity contribution is 8.01. The fourth-order valence-electron chi connectivity index (χ4n) is 3.48. The number of ether oxygens (including phenoxy) is 1. The van der Waals surface area contributed by atoms with E-state index in [1.54, 1.807) is 28.8 Å². The fourth-order valence-corrected chi connectivity index (χ4v) is 4.89. The Morgan fingerprint density at radius 1 is 1.31 bits per heavy atom. The average Bonchev–Trinajstić information content (AvgIpc) is 3.17. The maximum Gasteiger partial charge on any atom is 0.330 e. The molecule has 156 valence electrons. The molecule has 3 rings (SSSR count). The molecular formula is C20H25N3O5S. The van der Waals surface area contributed by atoms with E-state index in [0.29, 0.717) is 24.3 Å². The number of aryl methyl sites for hydroxylation is 1. The van der Waals surface area contributed by atoms with Gasteiger partial charge in [0.25, 0.3) is 5.91 Å². The first-order valence-electron chi connectivity index (χ1n) is 9.43. The van der Waals surface area contributed by atoms with Crippen LogP contribution in [-0.4, -0.2) is 70.4 Å². The van der Waals surface area contributed by atoms with Crippen LogP contribution in [0.3, 0.4) is 0 Å². The van der Waals surface area contributed by atoms with E-state index in [0.717, 1.165) is 5.56 Å². The number of amides is 3. The Bertz CT molecular complexity index is 828. The van der Waals surface area contributed by atoms with Crippen molar-refractivity contribution in [1.29, 1.82) is 0 Å². The predicted octanol–water partition coefficient (Wildman–Crippen LogP) is 1.39. The lowest BCUT2D eigenvalue weighted by molar-refractivity contribution is -0.158. The molecule has 2 heterocycles. The summed E-state index contributed by atoms with van der Waals surface area (Å²) in [7, 11) is 1.47. The third kappa shape index (κ3) is 4.72. The van der Waals surface area contributed by atoms with Gasteiger partial charge < -0.3 is 19.9 Å².